The van der Waals surface area contributed by atoms with E-state index in [9.17, 15) is 5.11 Å². The minimum atomic E-state index is -0.0238. The summed E-state index contributed by atoms with van der Waals surface area (Å²) in [5.74, 6) is 0.309. The third kappa shape index (κ3) is 2.44. The van der Waals surface area contributed by atoms with Crippen LogP contribution in [-0.2, 0) is 0 Å². The van der Waals surface area contributed by atoms with Gasteiger partial charge in [0.2, 0.25) is 0 Å². The van der Waals surface area contributed by atoms with Crippen molar-refractivity contribution in [2.24, 2.45) is 11.5 Å². The van der Waals surface area contributed by atoms with E-state index >= 15 is 0 Å². The molecule has 1 aromatic carbocycles. The number of rotatable bonds is 3. The molecule has 0 unspecified atom stereocenters. The lowest BCUT2D eigenvalue weighted by molar-refractivity contribution is 0.470. The Bertz CT molecular complexity index is 286. The van der Waals surface area contributed by atoms with E-state index in [1.807, 2.05) is 19.1 Å². The van der Waals surface area contributed by atoms with Gasteiger partial charge in [-0.05, 0) is 37.1 Å². The number of phenols is 1. The summed E-state index contributed by atoms with van der Waals surface area (Å²) in [5.41, 5.74) is 13.1. The molecule has 3 nitrogen and oxygen atoms in total. The largest absolute Gasteiger partial charge is 0.508 e. The Morgan fingerprint density at radius 2 is 2.15 bits per heavy atom. The maximum atomic E-state index is 9.29. The average Bonchev–Trinajstić information content (AvgIpc) is 2.10. The topological polar surface area (TPSA) is 72.3 Å². The van der Waals surface area contributed by atoms with Gasteiger partial charge in [-0.25, -0.2) is 0 Å². The zero-order valence-corrected chi connectivity index (χ0v) is 7.83. The average molecular weight is 180 g/mol. The van der Waals surface area contributed by atoms with Crippen LogP contribution < -0.4 is 11.5 Å². The first-order valence-corrected chi connectivity index (χ1v) is 4.40. The van der Waals surface area contributed by atoms with E-state index in [2.05, 4.69) is 0 Å². The molecule has 0 aliphatic rings. The van der Waals surface area contributed by atoms with Crippen LogP contribution >= 0.6 is 0 Å². The van der Waals surface area contributed by atoms with Crippen LogP contribution in [0.5, 0.6) is 5.75 Å². The summed E-state index contributed by atoms with van der Waals surface area (Å²) in [7, 11) is 0. The van der Waals surface area contributed by atoms with E-state index < -0.39 is 0 Å². The zero-order valence-electron chi connectivity index (χ0n) is 7.83. The molecule has 0 fully saturated rings. The maximum absolute atomic E-state index is 9.29. The molecule has 0 aliphatic carbocycles. The predicted molar refractivity (Wildman–Crippen MR) is 53.4 cm³/mol. The minimum Gasteiger partial charge on any atom is -0.508 e. The molecule has 13 heavy (non-hydrogen) atoms. The maximum Gasteiger partial charge on any atom is 0.118 e. The molecule has 1 aromatic rings. The van der Waals surface area contributed by atoms with Crippen LogP contribution in [0.1, 0.15) is 23.6 Å². The number of phenolic OH excluding ortho intramolecular Hbond substituents is 1. The van der Waals surface area contributed by atoms with E-state index in [0.29, 0.717) is 12.3 Å². The van der Waals surface area contributed by atoms with Crippen molar-refractivity contribution in [2.75, 3.05) is 6.54 Å². The van der Waals surface area contributed by atoms with Crippen molar-refractivity contribution in [3.8, 4) is 5.75 Å². The third-order valence-corrected chi connectivity index (χ3v) is 2.13. The van der Waals surface area contributed by atoms with E-state index in [1.165, 1.54) is 0 Å². The van der Waals surface area contributed by atoms with Gasteiger partial charge < -0.3 is 16.6 Å². The van der Waals surface area contributed by atoms with Crippen LogP contribution in [0, 0.1) is 6.92 Å². The van der Waals surface area contributed by atoms with Gasteiger partial charge >= 0.3 is 0 Å². The molecular formula is C10H16N2O. The Morgan fingerprint density at radius 3 is 2.69 bits per heavy atom. The van der Waals surface area contributed by atoms with Crippen molar-refractivity contribution >= 4 is 0 Å². The van der Waals surface area contributed by atoms with Gasteiger partial charge in [0.15, 0.2) is 0 Å². The summed E-state index contributed by atoms with van der Waals surface area (Å²) in [5, 5.41) is 9.29. The van der Waals surface area contributed by atoms with Crippen LogP contribution in [0.25, 0.3) is 0 Å². The molecule has 0 saturated carbocycles. The molecule has 0 spiro atoms. The monoisotopic (exact) mass is 180 g/mol. The lowest BCUT2D eigenvalue weighted by Crippen LogP contribution is -2.15. The van der Waals surface area contributed by atoms with Crippen molar-refractivity contribution in [3.63, 3.8) is 0 Å². The van der Waals surface area contributed by atoms with Crippen LogP contribution in [0.4, 0.5) is 0 Å². The highest BCUT2D eigenvalue weighted by Gasteiger charge is 2.05. The first-order chi connectivity index (χ1) is 6.15. The van der Waals surface area contributed by atoms with Crippen molar-refractivity contribution < 1.29 is 5.11 Å². The second kappa shape index (κ2) is 4.25. The highest BCUT2D eigenvalue weighted by Crippen LogP contribution is 2.21. The smallest absolute Gasteiger partial charge is 0.118 e. The van der Waals surface area contributed by atoms with Gasteiger partial charge in [-0.2, -0.15) is 0 Å². The molecule has 72 valence electrons. The fourth-order valence-corrected chi connectivity index (χ4v) is 1.26. The molecule has 0 radical (unpaired) electrons. The molecule has 0 aliphatic heterocycles. The van der Waals surface area contributed by atoms with Gasteiger partial charge in [-0.15, -0.1) is 0 Å². The lowest BCUT2D eigenvalue weighted by Gasteiger charge is -2.11. The van der Waals surface area contributed by atoms with Gasteiger partial charge in [0.1, 0.15) is 5.75 Å². The van der Waals surface area contributed by atoms with Crippen molar-refractivity contribution in [3.05, 3.63) is 29.3 Å². The SMILES string of the molecule is Cc1cc([C@@H](N)CCN)ccc1O. The summed E-state index contributed by atoms with van der Waals surface area (Å²) in [6.07, 6.45) is 0.768. The van der Waals surface area contributed by atoms with E-state index in [-0.39, 0.29) is 6.04 Å². The quantitative estimate of drug-likeness (QED) is 0.651. The molecule has 3 heteroatoms. The molecule has 0 heterocycles. The summed E-state index contributed by atoms with van der Waals surface area (Å²) >= 11 is 0. The van der Waals surface area contributed by atoms with Crippen LogP contribution in [0.3, 0.4) is 0 Å². The Labute approximate surface area is 78.4 Å². The Kier molecular flexibility index (Phi) is 3.28. The Hall–Kier alpha value is -1.06. The summed E-state index contributed by atoms with van der Waals surface area (Å²) < 4.78 is 0. The standard InChI is InChI=1S/C10H16N2O/c1-7-6-8(2-3-10(7)13)9(12)4-5-11/h2-3,6,9,13H,4-5,11-12H2,1H3/t9-/m0/s1. The van der Waals surface area contributed by atoms with Crippen molar-refractivity contribution in [2.45, 2.75) is 19.4 Å². The predicted octanol–water partition coefficient (Wildman–Crippen LogP) is 1.05. The van der Waals surface area contributed by atoms with Crippen molar-refractivity contribution in [1.29, 1.82) is 0 Å². The van der Waals surface area contributed by atoms with Gasteiger partial charge in [-0.3, -0.25) is 0 Å². The summed E-state index contributed by atoms with van der Waals surface area (Å²) in [6.45, 7) is 2.44. The van der Waals surface area contributed by atoms with Gasteiger partial charge in [0.25, 0.3) is 0 Å². The second-order valence-corrected chi connectivity index (χ2v) is 3.23. The highest BCUT2D eigenvalue weighted by atomic mass is 16.3. The van der Waals surface area contributed by atoms with Gasteiger partial charge in [-0.1, -0.05) is 12.1 Å². The van der Waals surface area contributed by atoms with Crippen LogP contribution in [0.2, 0.25) is 0 Å². The van der Waals surface area contributed by atoms with Crippen LogP contribution in [0.15, 0.2) is 18.2 Å². The molecule has 5 N–H and O–H groups in total. The number of aromatic hydroxyl groups is 1. The number of aryl methyl sites for hydroxylation is 1. The van der Waals surface area contributed by atoms with Gasteiger partial charge in [0.05, 0.1) is 0 Å². The van der Waals surface area contributed by atoms with Crippen molar-refractivity contribution in [1.82, 2.24) is 0 Å². The highest BCUT2D eigenvalue weighted by molar-refractivity contribution is 5.36. The molecule has 1 rings (SSSR count). The molecule has 0 amide bonds. The first kappa shape index (κ1) is 10.0. The molecular weight excluding hydrogens is 164 g/mol. The fourth-order valence-electron chi connectivity index (χ4n) is 1.26. The van der Waals surface area contributed by atoms with Crippen LogP contribution in [-0.4, -0.2) is 11.7 Å². The number of nitrogens with two attached hydrogens (primary N) is 2. The summed E-state index contributed by atoms with van der Waals surface area (Å²) in [4.78, 5) is 0. The summed E-state index contributed by atoms with van der Waals surface area (Å²) in [6, 6.07) is 5.38. The number of hydrogen-bond acceptors (Lipinski definition) is 3. The number of benzene rings is 1. The Morgan fingerprint density at radius 1 is 1.46 bits per heavy atom. The molecule has 0 bridgehead atoms. The van der Waals surface area contributed by atoms with E-state index in [4.69, 9.17) is 11.5 Å². The normalized spacial score (nSPS) is 12.8. The molecule has 0 aromatic heterocycles. The lowest BCUT2D eigenvalue weighted by atomic mass is 10.0. The fraction of sp³-hybridized carbons (Fsp3) is 0.400. The minimum absolute atomic E-state index is 0.0238. The third-order valence-electron chi connectivity index (χ3n) is 2.13. The Balaban J connectivity index is 2.84. The van der Waals surface area contributed by atoms with E-state index in [0.717, 1.165) is 17.5 Å². The van der Waals surface area contributed by atoms with Gasteiger partial charge in [0, 0.05) is 6.04 Å². The zero-order chi connectivity index (χ0) is 9.84. The first-order valence-electron chi connectivity index (χ1n) is 4.40. The molecule has 0 saturated heterocycles. The number of hydrogen-bond donors (Lipinski definition) is 3. The second-order valence-electron chi connectivity index (χ2n) is 3.23. The molecule has 1 atom stereocenters. The van der Waals surface area contributed by atoms with E-state index in [1.54, 1.807) is 6.07 Å².